The van der Waals surface area contributed by atoms with Crippen molar-refractivity contribution in [1.29, 1.82) is 0 Å². The van der Waals surface area contributed by atoms with Crippen molar-refractivity contribution in [2.24, 2.45) is 5.73 Å². The van der Waals surface area contributed by atoms with Gasteiger partial charge in [-0.1, -0.05) is 48.5 Å². The van der Waals surface area contributed by atoms with Crippen LogP contribution < -0.4 is 5.73 Å². The second kappa shape index (κ2) is 3.76. The average molecular weight is 209 g/mol. The number of hydrogen-bond donors (Lipinski definition) is 1. The molecule has 0 fully saturated rings. The number of nitrogens with two attached hydrogens (primary N) is 1. The summed E-state index contributed by atoms with van der Waals surface area (Å²) in [7, 11) is 0. The van der Waals surface area contributed by atoms with Crippen LogP contribution in [0.3, 0.4) is 0 Å². The maximum absolute atomic E-state index is 6.18. The summed E-state index contributed by atoms with van der Waals surface area (Å²) < 4.78 is 0. The molecule has 2 aromatic rings. The lowest BCUT2D eigenvalue weighted by atomic mass is 9.95. The van der Waals surface area contributed by atoms with E-state index in [0.717, 1.165) is 12.8 Å². The molecule has 1 heteroatoms. The second-order valence-electron chi connectivity index (χ2n) is 4.39. The van der Waals surface area contributed by atoms with Gasteiger partial charge in [-0.25, -0.2) is 0 Å². The monoisotopic (exact) mass is 209 g/mol. The Labute approximate surface area is 95.9 Å². The van der Waals surface area contributed by atoms with Gasteiger partial charge >= 0.3 is 0 Å². The largest absolute Gasteiger partial charge is 0.324 e. The van der Waals surface area contributed by atoms with E-state index in [2.05, 4.69) is 42.5 Å². The Balaban J connectivity index is 2.20. The first-order valence-corrected chi connectivity index (χ1v) is 5.79. The van der Waals surface area contributed by atoms with Crippen LogP contribution in [0.5, 0.6) is 0 Å². The zero-order valence-corrected chi connectivity index (χ0v) is 9.19. The minimum absolute atomic E-state index is 0.214. The predicted molar refractivity (Wildman–Crippen MR) is 67.1 cm³/mol. The van der Waals surface area contributed by atoms with Crippen molar-refractivity contribution in [1.82, 2.24) is 0 Å². The van der Waals surface area contributed by atoms with Crippen LogP contribution in [0.2, 0.25) is 0 Å². The van der Waals surface area contributed by atoms with Gasteiger partial charge in [0, 0.05) is 6.04 Å². The van der Waals surface area contributed by atoms with Gasteiger partial charge < -0.3 is 5.73 Å². The van der Waals surface area contributed by atoms with E-state index < -0.39 is 0 Å². The zero-order valence-electron chi connectivity index (χ0n) is 9.19. The minimum atomic E-state index is 0.214. The summed E-state index contributed by atoms with van der Waals surface area (Å²) >= 11 is 0. The molecule has 0 saturated carbocycles. The third-order valence-electron chi connectivity index (χ3n) is 3.38. The number of benzene rings is 2. The first-order chi connectivity index (χ1) is 7.86. The molecule has 0 saturated heterocycles. The molecule has 2 aromatic carbocycles. The third-order valence-corrected chi connectivity index (χ3v) is 3.38. The van der Waals surface area contributed by atoms with Crippen LogP contribution in [0.15, 0.2) is 48.5 Å². The molecular formula is C15H15N. The van der Waals surface area contributed by atoms with Crippen LogP contribution in [-0.2, 0) is 6.42 Å². The van der Waals surface area contributed by atoms with E-state index in [-0.39, 0.29) is 6.04 Å². The van der Waals surface area contributed by atoms with E-state index in [1.54, 1.807) is 0 Å². The molecule has 0 unspecified atom stereocenters. The highest BCUT2D eigenvalue weighted by Crippen LogP contribution is 2.37. The van der Waals surface area contributed by atoms with E-state index in [9.17, 15) is 0 Å². The molecular weight excluding hydrogens is 194 g/mol. The molecule has 0 amide bonds. The van der Waals surface area contributed by atoms with Gasteiger partial charge in [-0.3, -0.25) is 0 Å². The SMILES string of the molecule is N[C@@H]1CCc2cccc(-c3ccccc3)c21. The molecule has 0 aromatic heterocycles. The molecule has 80 valence electrons. The number of rotatable bonds is 1. The van der Waals surface area contributed by atoms with Gasteiger partial charge in [0.1, 0.15) is 0 Å². The maximum Gasteiger partial charge on any atom is 0.0306 e. The van der Waals surface area contributed by atoms with Gasteiger partial charge in [-0.15, -0.1) is 0 Å². The van der Waals surface area contributed by atoms with E-state index in [1.807, 2.05) is 6.07 Å². The molecule has 1 aliphatic rings. The van der Waals surface area contributed by atoms with Crippen LogP contribution >= 0.6 is 0 Å². The van der Waals surface area contributed by atoms with Crippen molar-refractivity contribution in [2.45, 2.75) is 18.9 Å². The molecule has 0 heterocycles. The first-order valence-electron chi connectivity index (χ1n) is 5.79. The van der Waals surface area contributed by atoms with Crippen molar-refractivity contribution in [3.05, 3.63) is 59.7 Å². The topological polar surface area (TPSA) is 26.0 Å². The van der Waals surface area contributed by atoms with Crippen molar-refractivity contribution in [3.63, 3.8) is 0 Å². The molecule has 16 heavy (non-hydrogen) atoms. The van der Waals surface area contributed by atoms with E-state index in [1.165, 1.54) is 22.3 Å². The van der Waals surface area contributed by atoms with Crippen molar-refractivity contribution in [2.75, 3.05) is 0 Å². The summed E-state index contributed by atoms with van der Waals surface area (Å²) in [6.45, 7) is 0. The second-order valence-corrected chi connectivity index (χ2v) is 4.39. The summed E-state index contributed by atoms with van der Waals surface area (Å²) in [4.78, 5) is 0. The van der Waals surface area contributed by atoms with Gasteiger partial charge in [-0.2, -0.15) is 0 Å². The van der Waals surface area contributed by atoms with Crippen LogP contribution in [0.1, 0.15) is 23.6 Å². The number of aryl methyl sites for hydroxylation is 1. The van der Waals surface area contributed by atoms with Crippen LogP contribution in [0, 0.1) is 0 Å². The van der Waals surface area contributed by atoms with Crippen molar-refractivity contribution < 1.29 is 0 Å². The van der Waals surface area contributed by atoms with Gasteiger partial charge in [0.25, 0.3) is 0 Å². The van der Waals surface area contributed by atoms with Crippen molar-refractivity contribution in [3.8, 4) is 11.1 Å². The van der Waals surface area contributed by atoms with Gasteiger partial charge in [0.05, 0.1) is 0 Å². The summed E-state index contributed by atoms with van der Waals surface area (Å²) in [6.07, 6.45) is 2.20. The Morgan fingerprint density at radius 2 is 1.75 bits per heavy atom. The Hall–Kier alpha value is -1.60. The van der Waals surface area contributed by atoms with E-state index >= 15 is 0 Å². The summed E-state index contributed by atoms with van der Waals surface area (Å²) in [5.41, 5.74) is 11.5. The first kappa shape index (κ1) is 9.61. The summed E-state index contributed by atoms with van der Waals surface area (Å²) in [6, 6.07) is 17.2. The average Bonchev–Trinajstić information content (AvgIpc) is 2.73. The fraction of sp³-hybridized carbons (Fsp3) is 0.200. The lowest BCUT2D eigenvalue weighted by Gasteiger charge is -2.12. The Morgan fingerprint density at radius 3 is 2.56 bits per heavy atom. The van der Waals surface area contributed by atoms with E-state index in [4.69, 9.17) is 5.73 Å². The highest BCUT2D eigenvalue weighted by atomic mass is 14.6. The molecule has 0 radical (unpaired) electrons. The molecule has 2 N–H and O–H groups in total. The predicted octanol–water partition coefficient (Wildman–Crippen LogP) is 3.30. The summed E-state index contributed by atoms with van der Waals surface area (Å²) in [5.74, 6) is 0. The molecule has 3 rings (SSSR count). The fourth-order valence-electron chi connectivity index (χ4n) is 2.59. The van der Waals surface area contributed by atoms with E-state index in [0.29, 0.717) is 0 Å². The van der Waals surface area contributed by atoms with Gasteiger partial charge in [0.2, 0.25) is 0 Å². The Morgan fingerprint density at radius 1 is 0.938 bits per heavy atom. The standard InChI is InChI=1S/C15H15N/c16-14-10-9-12-7-4-8-13(15(12)14)11-5-2-1-3-6-11/h1-8,14H,9-10,16H2/t14-/m1/s1. The van der Waals surface area contributed by atoms with Crippen LogP contribution in [0.4, 0.5) is 0 Å². The lowest BCUT2D eigenvalue weighted by Crippen LogP contribution is -2.06. The summed E-state index contributed by atoms with van der Waals surface area (Å²) in [5, 5.41) is 0. The fourth-order valence-corrected chi connectivity index (χ4v) is 2.59. The lowest BCUT2D eigenvalue weighted by molar-refractivity contribution is 0.714. The van der Waals surface area contributed by atoms with Crippen LogP contribution in [-0.4, -0.2) is 0 Å². The molecule has 1 aliphatic carbocycles. The molecule has 1 nitrogen and oxygen atoms in total. The number of hydrogen-bond acceptors (Lipinski definition) is 1. The molecule has 0 bridgehead atoms. The molecule has 1 atom stereocenters. The van der Waals surface area contributed by atoms with Gasteiger partial charge in [0.15, 0.2) is 0 Å². The van der Waals surface area contributed by atoms with Crippen molar-refractivity contribution >= 4 is 0 Å². The smallest absolute Gasteiger partial charge is 0.0306 e. The Bertz CT molecular complexity index is 502. The quantitative estimate of drug-likeness (QED) is 0.766. The Kier molecular flexibility index (Phi) is 2.26. The molecule has 0 aliphatic heterocycles. The van der Waals surface area contributed by atoms with Crippen LogP contribution in [0.25, 0.3) is 11.1 Å². The third kappa shape index (κ3) is 1.44. The van der Waals surface area contributed by atoms with Gasteiger partial charge in [-0.05, 0) is 35.1 Å². The normalized spacial score (nSPS) is 18.4. The highest BCUT2D eigenvalue weighted by Gasteiger charge is 2.22. The zero-order chi connectivity index (χ0) is 11.0. The minimum Gasteiger partial charge on any atom is -0.324 e. The number of fused-ring (bicyclic) bond motifs is 1. The highest BCUT2D eigenvalue weighted by molar-refractivity contribution is 5.70. The maximum atomic E-state index is 6.18. The molecule has 0 spiro atoms.